The van der Waals surface area contributed by atoms with Crippen LogP contribution in [0.5, 0.6) is 0 Å². The Balaban J connectivity index is 3.46. The molecule has 0 aromatic carbocycles. The van der Waals surface area contributed by atoms with E-state index in [1.165, 1.54) is 0 Å². The fraction of sp³-hybridized carbons (Fsp3) is 0.286. The van der Waals surface area contributed by atoms with E-state index in [2.05, 4.69) is 15.9 Å². The zero-order valence-corrected chi connectivity index (χ0v) is 8.01. The van der Waals surface area contributed by atoms with Gasteiger partial charge in [0.1, 0.15) is 0 Å². The maximum Gasteiger partial charge on any atom is 0.300 e. The highest BCUT2D eigenvalue weighted by molar-refractivity contribution is 9.10. The molecule has 0 atom stereocenters. The van der Waals surface area contributed by atoms with Crippen LogP contribution in [0.15, 0.2) is 10.7 Å². The third kappa shape index (κ3) is 1.40. The summed E-state index contributed by atoms with van der Waals surface area (Å²) >= 11 is 3.20. The minimum Gasteiger partial charge on any atom is -0.285 e. The maximum absolute atomic E-state index is 9.31. The van der Waals surface area contributed by atoms with Gasteiger partial charge in [-0.2, -0.15) is 0 Å². The van der Waals surface area contributed by atoms with E-state index in [-0.39, 0.29) is 0 Å². The van der Waals surface area contributed by atoms with E-state index in [9.17, 15) is 5.21 Å². The summed E-state index contributed by atoms with van der Waals surface area (Å²) in [5.41, 5.74) is 2.19. The molecule has 0 aliphatic rings. The van der Waals surface area contributed by atoms with Gasteiger partial charge in [-0.15, -0.1) is 0 Å². The lowest BCUT2D eigenvalue weighted by molar-refractivity contribution is -0.899. The monoisotopic (exact) mass is 212 g/mol. The van der Waals surface area contributed by atoms with E-state index in [1.54, 1.807) is 0 Å². The van der Waals surface area contributed by atoms with Crippen molar-refractivity contribution in [2.75, 3.05) is 0 Å². The number of hydrogen-bond acceptors (Lipinski definition) is 1. The summed E-state index contributed by atoms with van der Waals surface area (Å²) in [4.78, 5) is 0. The van der Waals surface area contributed by atoms with Gasteiger partial charge in [0.05, 0.1) is 0 Å². The minimum atomic E-state index is 0.363. The molecule has 0 aliphatic carbocycles. The Morgan fingerprint density at radius 1 is 1.45 bits per heavy atom. The summed E-state index contributed by atoms with van der Waals surface area (Å²) in [6.07, 6.45) is 0. The second-order valence-electron chi connectivity index (χ2n) is 2.50. The molecule has 0 fully saturated rings. The largest absolute Gasteiger partial charge is 0.300 e. The van der Waals surface area contributed by atoms with E-state index in [0.717, 1.165) is 15.9 Å². The van der Waals surface area contributed by atoms with Crippen molar-refractivity contribution in [1.29, 1.82) is 0 Å². The quantitative estimate of drug-likeness (QED) is 0.286. The molecule has 0 spiro atoms. The zero-order chi connectivity index (χ0) is 8.59. The Labute approximate surface area is 75.4 Å². The fourth-order valence-corrected chi connectivity index (χ4v) is 1.20. The van der Waals surface area contributed by atoms with Gasteiger partial charge >= 0.3 is 4.60 Å². The molecule has 1 rings (SSSR count). The molecule has 1 N–H and O–H groups in total. The third-order valence-corrected chi connectivity index (χ3v) is 2.54. The average Bonchev–Trinajstić information content (AvgIpc) is 1.97. The molecule has 2 nitrogen and oxygen atoms in total. The van der Waals surface area contributed by atoms with Gasteiger partial charge < -0.3 is 0 Å². The standard InChI is InChI=1S/C7H8BBrNO/c1-4-3-5(2)7(9)10(11)6(4)8/h3,11H,1-2H3/q+1. The second kappa shape index (κ2) is 2.85. The SMILES string of the molecule is [B]c1c(C)cc(C)c(Br)[n+]1O. The molecule has 1 aromatic rings. The number of aromatic nitrogens is 1. The normalized spacial score (nSPS) is 10.1. The van der Waals surface area contributed by atoms with E-state index < -0.39 is 0 Å². The summed E-state index contributed by atoms with van der Waals surface area (Å²) < 4.78 is 1.53. The van der Waals surface area contributed by atoms with Crippen LogP contribution in [0.25, 0.3) is 0 Å². The molecule has 4 heteroatoms. The molecule has 1 aromatic heterocycles. The van der Waals surface area contributed by atoms with Gasteiger partial charge in [0, 0.05) is 31.8 Å². The Kier molecular flexibility index (Phi) is 2.23. The maximum atomic E-state index is 9.31. The number of rotatable bonds is 0. The van der Waals surface area contributed by atoms with Crippen LogP contribution in [-0.4, -0.2) is 13.1 Å². The summed E-state index contributed by atoms with van der Waals surface area (Å²) in [7, 11) is 5.53. The van der Waals surface area contributed by atoms with Crippen LogP contribution < -0.4 is 10.3 Å². The molecule has 0 bridgehead atoms. The molecule has 56 valence electrons. The Hall–Kier alpha value is -0.505. The van der Waals surface area contributed by atoms with Gasteiger partial charge in [-0.05, 0) is 19.9 Å². The van der Waals surface area contributed by atoms with E-state index in [0.29, 0.717) is 10.2 Å². The highest BCUT2D eigenvalue weighted by Gasteiger charge is 2.15. The van der Waals surface area contributed by atoms with Crippen LogP contribution in [0, 0.1) is 13.8 Å². The minimum absolute atomic E-state index is 0.363. The topological polar surface area (TPSA) is 24.1 Å². The first kappa shape index (κ1) is 8.59. The van der Waals surface area contributed by atoms with Crippen molar-refractivity contribution in [3.63, 3.8) is 0 Å². The van der Waals surface area contributed by atoms with Crippen LogP contribution in [0.4, 0.5) is 0 Å². The second-order valence-corrected chi connectivity index (χ2v) is 3.25. The van der Waals surface area contributed by atoms with E-state index in [4.69, 9.17) is 7.85 Å². The molecular formula is C7H8BBrNO+. The number of aryl methyl sites for hydroxylation is 2. The van der Waals surface area contributed by atoms with Crippen molar-refractivity contribution in [3.05, 3.63) is 21.8 Å². The molecule has 0 saturated heterocycles. The summed E-state index contributed by atoms with van der Waals surface area (Å²) in [5, 5.41) is 9.31. The fourth-order valence-electron chi connectivity index (χ4n) is 0.898. The zero-order valence-electron chi connectivity index (χ0n) is 6.43. The summed E-state index contributed by atoms with van der Waals surface area (Å²) in [6, 6.07) is 1.91. The molecule has 2 radical (unpaired) electrons. The first-order valence-electron chi connectivity index (χ1n) is 3.20. The molecule has 0 unspecified atom stereocenters. The molecule has 1 heterocycles. The Morgan fingerprint density at radius 2 is 2.00 bits per heavy atom. The van der Waals surface area contributed by atoms with Crippen LogP contribution in [-0.2, 0) is 0 Å². The van der Waals surface area contributed by atoms with Crippen molar-refractivity contribution in [2.24, 2.45) is 0 Å². The van der Waals surface area contributed by atoms with Gasteiger partial charge in [-0.3, -0.25) is 5.21 Å². The lowest BCUT2D eigenvalue weighted by Crippen LogP contribution is -2.50. The first-order valence-corrected chi connectivity index (χ1v) is 4.00. The Morgan fingerprint density at radius 3 is 2.55 bits per heavy atom. The third-order valence-electron chi connectivity index (χ3n) is 1.58. The number of halogens is 1. The lowest BCUT2D eigenvalue weighted by atomic mass is 9.97. The smallest absolute Gasteiger partial charge is 0.285 e. The van der Waals surface area contributed by atoms with Crippen LogP contribution in [0.1, 0.15) is 11.1 Å². The lowest BCUT2D eigenvalue weighted by Gasteiger charge is -1.99. The van der Waals surface area contributed by atoms with Crippen molar-refractivity contribution < 1.29 is 9.94 Å². The predicted octanol–water partition coefficient (Wildman–Crippen LogP) is 0.385. The van der Waals surface area contributed by atoms with Gasteiger partial charge in [0.15, 0.2) is 5.59 Å². The van der Waals surface area contributed by atoms with Crippen LogP contribution >= 0.6 is 15.9 Å². The van der Waals surface area contributed by atoms with Crippen molar-refractivity contribution >= 4 is 29.4 Å². The van der Waals surface area contributed by atoms with Crippen molar-refractivity contribution in [2.45, 2.75) is 13.8 Å². The van der Waals surface area contributed by atoms with E-state index in [1.807, 2.05) is 19.9 Å². The molecule has 0 saturated carbocycles. The number of nitrogens with zero attached hydrogens (tertiary/aromatic N) is 1. The van der Waals surface area contributed by atoms with Gasteiger partial charge in [0.2, 0.25) is 7.85 Å². The predicted molar refractivity (Wildman–Crippen MR) is 46.4 cm³/mol. The molecule has 0 aliphatic heterocycles. The van der Waals surface area contributed by atoms with Crippen LogP contribution in [0.2, 0.25) is 0 Å². The Bertz CT molecular complexity index is 275. The first-order chi connectivity index (χ1) is 5.04. The average molecular weight is 213 g/mol. The highest BCUT2D eigenvalue weighted by atomic mass is 79.9. The van der Waals surface area contributed by atoms with Gasteiger partial charge in [-0.25, -0.2) is 0 Å². The van der Waals surface area contributed by atoms with Crippen molar-refractivity contribution in [1.82, 2.24) is 0 Å². The molecular weight excluding hydrogens is 205 g/mol. The molecule has 11 heavy (non-hydrogen) atoms. The number of pyridine rings is 1. The van der Waals surface area contributed by atoms with Gasteiger partial charge in [0.25, 0.3) is 0 Å². The van der Waals surface area contributed by atoms with Crippen molar-refractivity contribution in [3.8, 4) is 0 Å². The summed E-state index contributed by atoms with van der Waals surface area (Å²) in [6.45, 7) is 3.74. The summed E-state index contributed by atoms with van der Waals surface area (Å²) in [5.74, 6) is 0. The van der Waals surface area contributed by atoms with Crippen LogP contribution in [0.3, 0.4) is 0 Å². The highest BCUT2D eigenvalue weighted by Crippen LogP contribution is 2.09. The number of hydrogen-bond donors (Lipinski definition) is 1. The van der Waals surface area contributed by atoms with Gasteiger partial charge in [-0.1, -0.05) is 0 Å². The van der Waals surface area contributed by atoms with E-state index >= 15 is 0 Å². The molecule has 0 amide bonds.